The molecule has 0 atom stereocenters. The van der Waals surface area contributed by atoms with Crippen LogP contribution in [0.4, 0.5) is 0 Å². The van der Waals surface area contributed by atoms with Crippen LogP contribution in [0.1, 0.15) is 12.0 Å². The van der Waals surface area contributed by atoms with Crippen LogP contribution in [0.2, 0.25) is 5.02 Å². The first-order valence-corrected chi connectivity index (χ1v) is 6.25. The zero-order chi connectivity index (χ0) is 13.2. The van der Waals surface area contributed by atoms with Crippen molar-refractivity contribution in [3.63, 3.8) is 0 Å². The average molecular weight is 275 g/mol. The normalized spacial score (nSPS) is 10.6. The maximum Gasteiger partial charge on any atom is 0.143 e. The molecule has 0 spiro atoms. The molecule has 0 aliphatic carbocycles. The first kappa shape index (κ1) is 15.2. The molecule has 18 heavy (non-hydrogen) atoms. The average Bonchev–Trinajstić information content (AvgIpc) is 2.39. The summed E-state index contributed by atoms with van der Waals surface area (Å²) in [5.41, 5.74) is 0.697. The number of rotatable bonds is 9. The molecule has 0 saturated carbocycles. The van der Waals surface area contributed by atoms with Gasteiger partial charge in [0, 0.05) is 25.7 Å². The molecule has 0 amide bonds. The van der Waals surface area contributed by atoms with E-state index in [1.807, 2.05) is 0 Å². The minimum Gasteiger partial charge on any atom is -0.492 e. The molecular weight excluding hydrogens is 256 g/mol. The topological polar surface area (TPSA) is 47.9 Å². The van der Waals surface area contributed by atoms with Gasteiger partial charge in [-0.3, -0.25) is 0 Å². The Morgan fingerprint density at radius 2 is 2.00 bits per heavy atom. The first-order chi connectivity index (χ1) is 8.79. The van der Waals surface area contributed by atoms with Crippen LogP contribution in [0.3, 0.4) is 0 Å². The van der Waals surface area contributed by atoms with Gasteiger partial charge in [-0.25, -0.2) is 0 Å². The number of hydrogen-bond acceptors (Lipinski definition) is 4. The van der Waals surface area contributed by atoms with Gasteiger partial charge in [-0.1, -0.05) is 23.7 Å². The van der Waals surface area contributed by atoms with Crippen LogP contribution in [0.5, 0.6) is 5.75 Å². The number of para-hydroxylation sites is 1. The highest BCUT2D eigenvalue weighted by Crippen LogP contribution is 2.28. The van der Waals surface area contributed by atoms with Gasteiger partial charge in [-0.15, -0.1) is 0 Å². The number of hydrogen-bond donors (Lipinski definition) is 1. The van der Waals surface area contributed by atoms with Crippen LogP contribution < -0.4 is 4.74 Å². The largest absolute Gasteiger partial charge is 0.492 e. The lowest BCUT2D eigenvalue weighted by atomic mass is 10.2. The van der Waals surface area contributed by atoms with E-state index in [1.165, 1.54) is 0 Å². The van der Waals surface area contributed by atoms with Crippen molar-refractivity contribution in [1.29, 1.82) is 0 Å². The number of aliphatic hydroxyl groups is 1. The van der Waals surface area contributed by atoms with Crippen molar-refractivity contribution in [3.05, 3.63) is 28.8 Å². The van der Waals surface area contributed by atoms with E-state index in [1.54, 1.807) is 25.3 Å². The molecule has 0 aromatic heterocycles. The summed E-state index contributed by atoms with van der Waals surface area (Å²) in [5, 5.41) is 9.68. The zero-order valence-electron chi connectivity index (χ0n) is 10.5. The lowest BCUT2D eigenvalue weighted by Crippen LogP contribution is -2.07. The molecule has 0 aliphatic heterocycles. The van der Waals surface area contributed by atoms with Gasteiger partial charge in [0.2, 0.25) is 0 Å². The molecule has 1 aromatic carbocycles. The van der Waals surface area contributed by atoms with Crippen LogP contribution >= 0.6 is 11.6 Å². The van der Waals surface area contributed by atoms with Crippen molar-refractivity contribution in [2.75, 3.05) is 33.5 Å². The minimum absolute atomic E-state index is 0.0831. The van der Waals surface area contributed by atoms with Gasteiger partial charge in [0.25, 0.3) is 0 Å². The predicted molar refractivity (Wildman–Crippen MR) is 70.2 cm³/mol. The molecule has 0 aliphatic rings. The fraction of sp³-hybridized carbons (Fsp3) is 0.538. The van der Waals surface area contributed by atoms with Gasteiger partial charge in [0.15, 0.2) is 0 Å². The van der Waals surface area contributed by atoms with Gasteiger partial charge in [-0.05, 0) is 6.07 Å². The summed E-state index contributed by atoms with van der Waals surface area (Å²) in [6.07, 6.45) is 0.764. The van der Waals surface area contributed by atoms with Gasteiger partial charge in [0.05, 0.1) is 31.5 Å². The third kappa shape index (κ3) is 5.23. The quantitative estimate of drug-likeness (QED) is 0.702. The number of benzene rings is 1. The fourth-order valence-corrected chi connectivity index (χ4v) is 1.67. The Kier molecular flexibility index (Phi) is 7.76. The molecule has 0 heterocycles. The molecule has 102 valence electrons. The van der Waals surface area contributed by atoms with Crippen molar-refractivity contribution < 1.29 is 19.3 Å². The highest BCUT2D eigenvalue weighted by molar-refractivity contribution is 6.32. The number of halogens is 1. The summed E-state index contributed by atoms with van der Waals surface area (Å²) in [5.74, 6) is 0.554. The van der Waals surface area contributed by atoms with Crippen LogP contribution in [0, 0.1) is 0 Å². The van der Waals surface area contributed by atoms with Crippen molar-refractivity contribution in [2.24, 2.45) is 0 Å². The van der Waals surface area contributed by atoms with Gasteiger partial charge in [-0.2, -0.15) is 0 Å². The van der Waals surface area contributed by atoms with Gasteiger partial charge >= 0.3 is 0 Å². The molecule has 1 aromatic rings. The highest BCUT2D eigenvalue weighted by atomic mass is 35.5. The predicted octanol–water partition coefficient (Wildman–Crippen LogP) is 2.26. The SMILES string of the molecule is COCCOCCCOc1c(Cl)cccc1CO. The Balaban J connectivity index is 2.26. The maximum atomic E-state index is 9.17. The Hall–Kier alpha value is -0.810. The van der Waals surface area contributed by atoms with E-state index in [-0.39, 0.29) is 6.61 Å². The summed E-state index contributed by atoms with van der Waals surface area (Å²) in [7, 11) is 1.64. The van der Waals surface area contributed by atoms with E-state index in [2.05, 4.69) is 0 Å². The summed E-state index contributed by atoms with van der Waals surface area (Å²) in [6.45, 7) is 2.22. The second-order valence-corrected chi connectivity index (χ2v) is 4.10. The second-order valence-electron chi connectivity index (χ2n) is 3.69. The molecule has 4 nitrogen and oxygen atoms in total. The highest BCUT2D eigenvalue weighted by Gasteiger charge is 2.07. The Labute approximate surface area is 112 Å². The monoisotopic (exact) mass is 274 g/mol. The van der Waals surface area contributed by atoms with Gasteiger partial charge in [0.1, 0.15) is 5.75 Å². The number of aliphatic hydroxyl groups excluding tert-OH is 1. The van der Waals surface area contributed by atoms with Crippen molar-refractivity contribution >= 4 is 11.6 Å². The van der Waals surface area contributed by atoms with Crippen molar-refractivity contribution in [3.8, 4) is 5.75 Å². The number of methoxy groups -OCH3 is 1. The summed E-state index contributed by atoms with van der Waals surface area (Å²) < 4.78 is 15.7. The van der Waals surface area contributed by atoms with E-state index < -0.39 is 0 Å². The van der Waals surface area contributed by atoms with Crippen LogP contribution in [-0.4, -0.2) is 38.6 Å². The number of ether oxygens (including phenoxy) is 3. The Morgan fingerprint density at radius 1 is 1.17 bits per heavy atom. The summed E-state index contributed by atoms with van der Waals surface area (Å²) in [6, 6.07) is 5.32. The van der Waals surface area contributed by atoms with Crippen molar-refractivity contribution in [2.45, 2.75) is 13.0 Å². The third-order valence-electron chi connectivity index (χ3n) is 2.33. The maximum absolute atomic E-state index is 9.17. The van der Waals surface area contributed by atoms with E-state index in [9.17, 15) is 0 Å². The summed E-state index contributed by atoms with van der Waals surface area (Å²) >= 11 is 6.01. The van der Waals surface area contributed by atoms with Crippen LogP contribution in [-0.2, 0) is 16.1 Å². The molecule has 5 heteroatoms. The Bertz CT molecular complexity index is 344. The van der Waals surface area contributed by atoms with E-state index in [4.69, 9.17) is 30.9 Å². The van der Waals surface area contributed by atoms with Crippen molar-refractivity contribution in [1.82, 2.24) is 0 Å². The molecule has 0 saturated heterocycles. The van der Waals surface area contributed by atoms with E-state index >= 15 is 0 Å². The van der Waals surface area contributed by atoms with Gasteiger partial charge < -0.3 is 19.3 Å². The smallest absolute Gasteiger partial charge is 0.143 e. The van der Waals surface area contributed by atoms with Crippen LogP contribution in [0.25, 0.3) is 0 Å². The van der Waals surface area contributed by atoms with E-state index in [0.717, 1.165) is 6.42 Å². The standard InChI is InChI=1S/C13H19ClO4/c1-16-8-9-17-6-3-7-18-13-11(10-15)4-2-5-12(13)14/h2,4-5,15H,3,6-10H2,1H3. The zero-order valence-corrected chi connectivity index (χ0v) is 11.3. The molecule has 1 N–H and O–H groups in total. The molecule has 0 radical (unpaired) electrons. The van der Waals surface area contributed by atoms with E-state index in [0.29, 0.717) is 42.8 Å². The molecule has 1 rings (SSSR count). The lowest BCUT2D eigenvalue weighted by molar-refractivity contribution is 0.0643. The molecular formula is C13H19ClO4. The summed E-state index contributed by atoms with van der Waals surface area (Å²) in [4.78, 5) is 0. The molecule has 0 unspecified atom stereocenters. The Morgan fingerprint density at radius 3 is 2.72 bits per heavy atom. The first-order valence-electron chi connectivity index (χ1n) is 5.87. The fourth-order valence-electron chi connectivity index (χ4n) is 1.42. The lowest BCUT2D eigenvalue weighted by Gasteiger charge is -2.11. The third-order valence-corrected chi connectivity index (χ3v) is 2.63. The molecule has 0 bridgehead atoms. The minimum atomic E-state index is -0.0831. The second kappa shape index (κ2) is 9.16. The van der Waals surface area contributed by atoms with Crippen LogP contribution in [0.15, 0.2) is 18.2 Å². The molecule has 0 fully saturated rings.